The Labute approximate surface area is 141 Å². The van der Waals surface area contributed by atoms with Gasteiger partial charge in [-0.2, -0.15) is 0 Å². The molecule has 0 amide bonds. The lowest BCUT2D eigenvalue weighted by molar-refractivity contribution is -0.383. The van der Waals surface area contributed by atoms with E-state index in [1.165, 1.54) is 19.6 Å². The number of nitro benzene ring substituents is 1. The molecule has 24 heavy (non-hydrogen) atoms. The minimum absolute atomic E-state index is 0.0630. The molecule has 0 aliphatic heterocycles. The fraction of sp³-hybridized carbons (Fsp3) is 0.500. The number of fused-ring (bicyclic) bond motifs is 1. The zero-order chi connectivity index (χ0) is 17.7. The van der Waals surface area contributed by atoms with E-state index >= 15 is 0 Å². The average Bonchev–Trinajstić information content (AvgIpc) is 2.53. The number of ether oxygens (including phenoxy) is 2. The van der Waals surface area contributed by atoms with Crippen LogP contribution >= 0.6 is 0 Å². The van der Waals surface area contributed by atoms with Gasteiger partial charge in [-0.25, -0.2) is 4.98 Å². The molecule has 0 unspecified atom stereocenters. The third-order valence-electron chi connectivity index (χ3n) is 3.97. The van der Waals surface area contributed by atoms with Crippen LogP contribution in [-0.2, 0) is 0 Å². The van der Waals surface area contributed by atoms with Crippen molar-refractivity contribution in [3.63, 3.8) is 0 Å². The van der Waals surface area contributed by atoms with Crippen molar-refractivity contribution in [2.24, 2.45) is 0 Å². The van der Waals surface area contributed by atoms with Crippen LogP contribution in [0.5, 0.6) is 11.5 Å². The van der Waals surface area contributed by atoms with Crippen molar-refractivity contribution >= 4 is 16.6 Å². The average molecular weight is 332 g/mol. The number of nitro groups is 1. The molecule has 1 aromatic heterocycles. The molecule has 1 aromatic carbocycles. The molecule has 2 rings (SSSR count). The zero-order valence-electron chi connectivity index (χ0n) is 14.7. The standard InChI is InChI=1S/C18H24N2O4/c1-5-6-7-8-9-24-18-15(23-4)11-14(20(21)22)17-16(18)12(2)10-13(3)19-17/h10-11H,5-9H2,1-4H3. The summed E-state index contributed by atoms with van der Waals surface area (Å²) in [6.45, 7) is 6.44. The first-order chi connectivity index (χ1) is 11.5. The highest BCUT2D eigenvalue weighted by Gasteiger charge is 2.23. The Bertz CT molecular complexity index is 744. The third-order valence-corrected chi connectivity index (χ3v) is 3.97. The van der Waals surface area contributed by atoms with Crippen LogP contribution in [0.2, 0.25) is 0 Å². The van der Waals surface area contributed by atoms with E-state index in [0.717, 1.165) is 30.5 Å². The molecule has 0 bridgehead atoms. The minimum Gasteiger partial charge on any atom is -0.493 e. The van der Waals surface area contributed by atoms with Gasteiger partial charge in [0.15, 0.2) is 17.0 Å². The fourth-order valence-corrected chi connectivity index (χ4v) is 2.83. The van der Waals surface area contributed by atoms with Gasteiger partial charge >= 0.3 is 0 Å². The van der Waals surface area contributed by atoms with Gasteiger partial charge in [0, 0.05) is 5.69 Å². The van der Waals surface area contributed by atoms with Crippen LogP contribution in [0.15, 0.2) is 12.1 Å². The number of methoxy groups -OCH3 is 1. The number of aromatic nitrogens is 1. The van der Waals surface area contributed by atoms with Crippen LogP contribution < -0.4 is 9.47 Å². The Hall–Kier alpha value is -2.37. The second kappa shape index (κ2) is 7.95. The maximum Gasteiger partial charge on any atom is 0.299 e. The van der Waals surface area contributed by atoms with Gasteiger partial charge in [-0.1, -0.05) is 26.2 Å². The number of nitrogens with zero attached hydrogens (tertiary/aromatic N) is 2. The summed E-state index contributed by atoms with van der Waals surface area (Å²) >= 11 is 0. The Morgan fingerprint density at radius 3 is 2.58 bits per heavy atom. The van der Waals surface area contributed by atoms with Crippen molar-refractivity contribution in [1.82, 2.24) is 4.98 Å². The van der Waals surface area contributed by atoms with E-state index in [1.54, 1.807) is 0 Å². The van der Waals surface area contributed by atoms with Crippen molar-refractivity contribution in [3.8, 4) is 11.5 Å². The first-order valence-corrected chi connectivity index (χ1v) is 8.25. The Balaban J connectivity index is 2.52. The largest absolute Gasteiger partial charge is 0.493 e. The van der Waals surface area contributed by atoms with E-state index in [0.29, 0.717) is 29.0 Å². The first kappa shape index (κ1) is 18.0. The topological polar surface area (TPSA) is 74.5 Å². The Morgan fingerprint density at radius 1 is 1.21 bits per heavy atom. The minimum atomic E-state index is -0.429. The Morgan fingerprint density at radius 2 is 1.96 bits per heavy atom. The summed E-state index contributed by atoms with van der Waals surface area (Å²) in [6, 6.07) is 3.30. The van der Waals surface area contributed by atoms with Crippen molar-refractivity contribution in [3.05, 3.63) is 33.5 Å². The number of hydrogen-bond donors (Lipinski definition) is 0. The lowest BCUT2D eigenvalue weighted by atomic mass is 10.1. The molecule has 2 aromatic rings. The van der Waals surface area contributed by atoms with Crippen molar-refractivity contribution in [2.45, 2.75) is 46.5 Å². The predicted molar refractivity (Wildman–Crippen MR) is 94.1 cm³/mol. The third kappa shape index (κ3) is 3.75. The molecule has 0 atom stereocenters. The summed E-state index contributed by atoms with van der Waals surface area (Å²) in [5, 5.41) is 12.1. The lowest BCUT2D eigenvalue weighted by Crippen LogP contribution is -2.04. The van der Waals surface area contributed by atoms with E-state index in [-0.39, 0.29) is 5.69 Å². The van der Waals surface area contributed by atoms with E-state index in [2.05, 4.69) is 11.9 Å². The molecule has 0 saturated carbocycles. The smallest absolute Gasteiger partial charge is 0.299 e. The number of rotatable bonds is 8. The van der Waals surface area contributed by atoms with Gasteiger partial charge in [-0.05, 0) is 31.9 Å². The fourth-order valence-electron chi connectivity index (χ4n) is 2.83. The summed E-state index contributed by atoms with van der Waals surface area (Å²) in [5.41, 5.74) is 1.92. The molecular weight excluding hydrogens is 308 g/mol. The van der Waals surface area contributed by atoms with Crippen LogP contribution in [0.4, 0.5) is 5.69 Å². The molecule has 0 radical (unpaired) electrons. The summed E-state index contributed by atoms with van der Waals surface area (Å²) < 4.78 is 11.3. The summed E-state index contributed by atoms with van der Waals surface area (Å²) in [7, 11) is 1.49. The second-order valence-corrected chi connectivity index (χ2v) is 5.90. The zero-order valence-corrected chi connectivity index (χ0v) is 14.7. The van der Waals surface area contributed by atoms with Crippen LogP contribution in [0.25, 0.3) is 10.9 Å². The van der Waals surface area contributed by atoms with Crippen LogP contribution in [-0.4, -0.2) is 23.6 Å². The van der Waals surface area contributed by atoms with Crippen molar-refractivity contribution < 1.29 is 14.4 Å². The predicted octanol–water partition coefficient (Wildman–Crippen LogP) is 4.73. The molecule has 1 heterocycles. The quantitative estimate of drug-likeness (QED) is 0.397. The van der Waals surface area contributed by atoms with Crippen LogP contribution in [0.3, 0.4) is 0 Å². The van der Waals surface area contributed by atoms with Crippen molar-refractivity contribution in [1.29, 1.82) is 0 Å². The maximum absolute atomic E-state index is 11.4. The number of non-ortho nitro benzene ring substituents is 1. The normalized spacial score (nSPS) is 10.8. The molecule has 6 heteroatoms. The number of aryl methyl sites for hydroxylation is 2. The first-order valence-electron chi connectivity index (χ1n) is 8.25. The van der Waals surface area contributed by atoms with Gasteiger partial charge in [0.05, 0.1) is 30.1 Å². The lowest BCUT2D eigenvalue weighted by Gasteiger charge is -2.15. The molecule has 0 aliphatic carbocycles. The monoisotopic (exact) mass is 332 g/mol. The SMILES string of the molecule is CCCCCCOc1c(OC)cc([N+](=O)[O-])c2nc(C)cc(C)c12. The van der Waals surface area contributed by atoms with E-state index < -0.39 is 4.92 Å². The van der Waals surface area contributed by atoms with Crippen LogP contribution in [0, 0.1) is 24.0 Å². The van der Waals surface area contributed by atoms with E-state index in [1.807, 2.05) is 19.9 Å². The summed E-state index contributed by atoms with van der Waals surface area (Å²) in [4.78, 5) is 15.4. The molecule has 130 valence electrons. The van der Waals surface area contributed by atoms with Gasteiger partial charge in [0.25, 0.3) is 5.69 Å². The Kier molecular flexibility index (Phi) is 5.95. The van der Waals surface area contributed by atoms with Crippen LogP contribution in [0.1, 0.15) is 43.9 Å². The number of pyridine rings is 1. The number of unbranched alkanes of at least 4 members (excludes halogenated alkanes) is 3. The van der Waals surface area contributed by atoms with Gasteiger partial charge in [0.1, 0.15) is 0 Å². The van der Waals surface area contributed by atoms with E-state index in [4.69, 9.17) is 9.47 Å². The number of hydrogen-bond acceptors (Lipinski definition) is 5. The van der Waals surface area contributed by atoms with Gasteiger partial charge in [0.2, 0.25) is 0 Å². The molecule has 0 aliphatic rings. The summed E-state index contributed by atoms with van der Waals surface area (Å²) in [5.74, 6) is 0.915. The molecule has 6 nitrogen and oxygen atoms in total. The van der Waals surface area contributed by atoms with Crippen molar-refractivity contribution in [2.75, 3.05) is 13.7 Å². The van der Waals surface area contributed by atoms with Gasteiger partial charge < -0.3 is 9.47 Å². The molecule has 0 spiro atoms. The van der Waals surface area contributed by atoms with Gasteiger partial charge in [-0.3, -0.25) is 10.1 Å². The second-order valence-electron chi connectivity index (χ2n) is 5.90. The molecular formula is C18H24N2O4. The highest BCUT2D eigenvalue weighted by atomic mass is 16.6. The highest BCUT2D eigenvalue weighted by Crippen LogP contribution is 2.42. The number of benzene rings is 1. The van der Waals surface area contributed by atoms with E-state index in [9.17, 15) is 10.1 Å². The summed E-state index contributed by atoms with van der Waals surface area (Å²) in [6.07, 6.45) is 4.36. The molecule has 0 fully saturated rings. The highest BCUT2D eigenvalue weighted by molar-refractivity contribution is 5.97. The maximum atomic E-state index is 11.4. The molecule has 0 saturated heterocycles. The molecule has 0 N–H and O–H groups in total. The van der Waals surface area contributed by atoms with Gasteiger partial charge in [-0.15, -0.1) is 0 Å².